The van der Waals surface area contributed by atoms with Crippen molar-refractivity contribution in [3.8, 4) is 0 Å². The van der Waals surface area contributed by atoms with Crippen molar-refractivity contribution in [2.45, 2.75) is 58.3 Å². The predicted octanol–water partition coefficient (Wildman–Crippen LogP) is 4.64. The second kappa shape index (κ2) is 11.9. The molecule has 3 aromatic rings. The van der Waals surface area contributed by atoms with Crippen molar-refractivity contribution in [3.63, 3.8) is 0 Å². The number of amides is 3. The van der Waals surface area contributed by atoms with Crippen LogP contribution in [0.25, 0.3) is 10.8 Å². The first-order valence-electron chi connectivity index (χ1n) is 12.3. The third kappa shape index (κ3) is 7.30. The molecule has 3 amide bonds. The number of alkyl carbamates (subject to hydrolysis) is 1. The Morgan fingerprint density at radius 3 is 2.14 bits per heavy atom. The summed E-state index contributed by atoms with van der Waals surface area (Å²) >= 11 is 0. The Bertz CT molecular complexity index is 1240. The van der Waals surface area contributed by atoms with E-state index < -0.39 is 48.2 Å². The lowest BCUT2D eigenvalue weighted by Crippen LogP contribution is -2.55. The first kappa shape index (κ1) is 27.7. The van der Waals surface area contributed by atoms with Crippen LogP contribution in [0.4, 0.5) is 10.5 Å². The average molecular weight is 506 g/mol. The van der Waals surface area contributed by atoms with Gasteiger partial charge in [0.05, 0.1) is 6.61 Å². The van der Waals surface area contributed by atoms with Crippen LogP contribution in [-0.2, 0) is 14.3 Å². The molecule has 8 heteroatoms. The molecule has 37 heavy (non-hydrogen) atoms. The van der Waals surface area contributed by atoms with E-state index >= 15 is 0 Å². The Balaban J connectivity index is 1.94. The van der Waals surface area contributed by atoms with Crippen molar-refractivity contribution in [2.75, 3.05) is 11.9 Å². The van der Waals surface area contributed by atoms with Crippen LogP contribution < -0.4 is 10.6 Å². The molecule has 3 rings (SSSR count). The second-order valence-corrected chi connectivity index (χ2v) is 10.1. The molecule has 3 N–H and O–H groups in total. The van der Waals surface area contributed by atoms with Gasteiger partial charge in [-0.1, -0.05) is 60.7 Å². The van der Waals surface area contributed by atoms with Crippen LogP contribution in [0.2, 0.25) is 0 Å². The van der Waals surface area contributed by atoms with Crippen LogP contribution in [-0.4, -0.2) is 52.2 Å². The number of hydrogen-bond acceptors (Lipinski definition) is 5. The Morgan fingerprint density at radius 2 is 1.54 bits per heavy atom. The van der Waals surface area contributed by atoms with Gasteiger partial charge in [0.25, 0.3) is 5.91 Å². The molecule has 0 aliphatic rings. The molecular formula is C29H35N3O5. The number of ether oxygens (including phenoxy) is 1. The number of aliphatic hydroxyl groups excluding tert-OH is 1. The van der Waals surface area contributed by atoms with E-state index in [9.17, 15) is 19.5 Å². The quantitative estimate of drug-likeness (QED) is 0.413. The number of nitrogens with one attached hydrogen (secondary N) is 2. The van der Waals surface area contributed by atoms with Gasteiger partial charge in [-0.05, 0) is 63.1 Å². The standard InChI is InChI=1S/C29H35N3O5/c1-19(2)32(27(35)24(18-33)31-28(36)37-29(3,4)5)25(21-12-7-6-8-13-21)26(34)30-23-16-15-20-11-9-10-14-22(20)17-23/h6-17,19,24-25,33H,18H2,1-5H3,(H,30,34)(H,31,36). The minimum absolute atomic E-state index is 0.419. The zero-order valence-corrected chi connectivity index (χ0v) is 21.9. The molecule has 0 bridgehead atoms. The normalized spacial score (nSPS) is 13.1. The van der Waals surface area contributed by atoms with E-state index in [2.05, 4.69) is 10.6 Å². The van der Waals surface area contributed by atoms with E-state index in [1.165, 1.54) is 4.90 Å². The maximum atomic E-state index is 13.7. The van der Waals surface area contributed by atoms with E-state index in [0.29, 0.717) is 11.3 Å². The summed E-state index contributed by atoms with van der Waals surface area (Å²) in [6.45, 7) is 8.00. The van der Waals surface area contributed by atoms with E-state index in [1.54, 1.807) is 58.9 Å². The summed E-state index contributed by atoms with van der Waals surface area (Å²) in [7, 11) is 0. The molecule has 0 aliphatic carbocycles. The number of benzene rings is 3. The maximum Gasteiger partial charge on any atom is 0.408 e. The molecule has 0 fully saturated rings. The van der Waals surface area contributed by atoms with E-state index in [0.717, 1.165) is 10.8 Å². The van der Waals surface area contributed by atoms with Crippen molar-refractivity contribution in [2.24, 2.45) is 0 Å². The molecule has 0 aliphatic heterocycles. The molecule has 0 aromatic heterocycles. The van der Waals surface area contributed by atoms with Gasteiger partial charge in [-0.15, -0.1) is 0 Å². The summed E-state index contributed by atoms with van der Waals surface area (Å²) < 4.78 is 5.26. The van der Waals surface area contributed by atoms with Gasteiger partial charge in [0.15, 0.2) is 0 Å². The van der Waals surface area contributed by atoms with Crippen molar-refractivity contribution < 1.29 is 24.2 Å². The largest absolute Gasteiger partial charge is 0.444 e. The zero-order chi connectivity index (χ0) is 27.2. The van der Waals surface area contributed by atoms with Crippen LogP contribution in [0, 0.1) is 0 Å². The lowest BCUT2D eigenvalue weighted by atomic mass is 10.0. The van der Waals surface area contributed by atoms with Crippen LogP contribution >= 0.6 is 0 Å². The summed E-state index contributed by atoms with van der Waals surface area (Å²) in [6.07, 6.45) is -0.833. The van der Waals surface area contributed by atoms with Crippen LogP contribution in [0.3, 0.4) is 0 Å². The Labute approximate surface area is 217 Å². The highest BCUT2D eigenvalue weighted by atomic mass is 16.6. The summed E-state index contributed by atoms with van der Waals surface area (Å²) in [4.78, 5) is 41.2. The fourth-order valence-corrected chi connectivity index (χ4v) is 4.05. The lowest BCUT2D eigenvalue weighted by Gasteiger charge is -2.36. The van der Waals surface area contributed by atoms with Gasteiger partial charge in [-0.2, -0.15) is 0 Å². The third-order valence-electron chi connectivity index (χ3n) is 5.64. The van der Waals surface area contributed by atoms with Crippen molar-refractivity contribution in [1.29, 1.82) is 0 Å². The number of anilines is 1. The monoisotopic (exact) mass is 505 g/mol. The number of aliphatic hydroxyl groups is 1. The number of carbonyl (C=O) groups is 3. The number of hydrogen-bond donors (Lipinski definition) is 3. The number of nitrogens with zero attached hydrogens (tertiary/aromatic N) is 1. The molecule has 0 saturated carbocycles. The van der Waals surface area contributed by atoms with E-state index in [4.69, 9.17) is 4.74 Å². The molecule has 2 atom stereocenters. The van der Waals surface area contributed by atoms with Gasteiger partial charge in [-0.3, -0.25) is 9.59 Å². The Morgan fingerprint density at radius 1 is 0.919 bits per heavy atom. The lowest BCUT2D eigenvalue weighted by molar-refractivity contribution is -0.143. The SMILES string of the molecule is CC(C)N(C(=O)C(CO)NC(=O)OC(C)(C)C)C(C(=O)Nc1ccc2ccccc2c1)c1ccccc1. The number of fused-ring (bicyclic) bond motifs is 1. The number of carbonyl (C=O) groups excluding carboxylic acids is 3. The zero-order valence-electron chi connectivity index (χ0n) is 21.9. The van der Waals surface area contributed by atoms with Gasteiger partial charge in [0, 0.05) is 11.7 Å². The molecule has 0 radical (unpaired) electrons. The van der Waals surface area contributed by atoms with Crippen LogP contribution in [0.5, 0.6) is 0 Å². The molecule has 2 unspecified atom stereocenters. The van der Waals surface area contributed by atoms with Crippen molar-refractivity contribution in [3.05, 3.63) is 78.4 Å². The minimum Gasteiger partial charge on any atom is -0.444 e. The fourth-order valence-electron chi connectivity index (χ4n) is 4.05. The minimum atomic E-state index is -1.29. The molecule has 0 spiro atoms. The second-order valence-electron chi connectivity index (χ2n) is 10.1. The highest BCUT2D eigenvalue weighted by molar-refractivity contribution is 6.00. The fraction of sp³-hybridized carbons (Fsp3) is 0.345. The molecule has 196 valence electrons. The Kier molecular flexibility index (Phi) is 8.89. The van der Waals surface area contributed by atoms with E-state index in [1.807, 2.05) is 48.5 Å². The van der Waals surface area contributed by atoms with Crippen LogP contribution in [0.1, 0.15) is 46.2 Å². The summed E-state index contributed by atoms with van der Waals surface area (Å²) in [5, 5.41) is 17.4. The van der Waals surface area contributed by atoms with Crippen molar-refractivity contribution >= 4 is 34.4 Å². The summed E-state index contributed by atoms with van der Waals surface area (Å²) in [5.74, 6) is -1.02. The third-order valence-corrected chi connectivity index (χ3v) is 5.64. The van der Waals surface area contributed by atoms with Gasteiger partial charge in [0.2, 0.25) is 5.91 Å². The van der Waals surface area contributed by atoms with Gasteiger partial charge >= 0.3 is 6.09 Å². The smallest absolute Gasteiger partial charge is 0.408 e. The van der Waals surface area contributed by atoms with Crippen molar-refractivity contribution in [1.82, 2.24) is 10.2 Å². The number of rotatable bonds is 8. The van der Waals surface area contributed by atoms with Crippen LogP contribution in [0.15, 0.2) is 72.8 Å². The highest BCUT2D eigenvalue weighted by Crippen LogP contribution is 2.27. The molecular weight excluding hydrogens is 470 g/mol. The van der Waals surface area contributed by atoms with Gasteiger partial charge < -0.3 is 25.4 Å². The highest BCUT2D eigenvalue weighted by Gasteiger charge is 2.37. The first-order valence-corrected chi connectivity index (χ1v) is 12.3. The van der Waals surface area contributed by atoms with Gasteiger partial charge in [-0.25, -0.2) is 4.79 Å². The summed E-state index contributed by atoms with van der Waals surface area (Å²) in [6, 6.07) is 19.6. The Hall–Kier alpha value is -3.91. The van der Waals surface area contributed by atoms with E-state index in [-0.39, 0.29) is 0 Å². The summed E-state index contributed by atoms with van der Waals surface area (Å²) in [5.41, 5.74) is 0.403. The molecule has 0 saturated heterocycles. The maximum absolute atomic E-state index is 13.7. The molecule has 8 nitrogen and oxygen atoms in total. The predicted molar refractivity (Wildman–Crippen MR) is 144 cm³/mol. The van der Waals surface area contributed by atoms with Gasteiger partial charge in [0.1, 0.15) is 17.7 Å². The first-order chi connectivity index (χ1) is 17.5. The molecule has 0 heterocycles. The average Bonchev–Trinajstić information content (AvgIpc) is 2.84. The topological polar surface area (TPSA) is 108 Å². The molecule has 3 aromatic carbocycles.